The first kappa shape index (κ1) is 21.0. The number of carbonyl (C=O) groups is 1. The molecule has 3 aromatic heterocycles. The van der Waals surface area contributed by atoms with Crippen molar-refractivity contribution in [2.24, 2.45) is 0 Å². The number of amides is 1. The Labute approximate surface area is 182 Å². The van der Waals surface area contributed by atoms with Crippen LogP contribution >= 0.6 is 0 Å². The van der Waals surface area contributed by atoms with Crippen LogP contribution in [0, 0.1) is 6.92 Å². The number of nitrogens with zero attached hydrogens (tertiary/aromatic N) is 6. The van der Waals surface area contributed by atoms with Gasteiger partial charge in [0.05, 0.1) is 11.7 Å². The van der Waals surface area contributed by atoms with Gasteiger partial charge in [-0.05, 0) is 43.4 Å². The van der Waals surface area contributed by atoms with E-state index in [1.54, 1.807) is 12.3 Å². The third-order valence-corrected chi connectivity index (χ3v) is 5.62. The molecular weight excluding hydrogens is 392 g/mol. The summed E-state index contributed by atoms with van der Waals surface area (Å²) >= 11 is 0. The van der Waals surface area contributed by atoms with Gasteiger partial charge in [-0.15, -0.1) is 0 Å². The van der Waals surface area contributed by atoms with Gasteiger partial charge in [-0.1, -0.05) is 12.1 Å². The van der Waals surface area contributed by atoms with E-state index >= 15 is 0 Å². The quantitative estimate of drug-likeness (QED) is 0.599. The molecule has 0 saturated carbocycles. The van der Waals surface area contributed by atoms with Gasteiger partial charge in [0.2, 0.25) is 5.95 Å². The lowest BCUT2D eigenvalue weighted by molar-refractivity contribution is 0.0722. The van der Waals surface area contributed by atoms with E-state index in [4.69, 9.17) is 9.51 Å². The first-order valence-electron chi connectivity index (χ1n) is 10.7. The minimum atomic E-state index is -0.150. The Kier molecular flexibility index (Phi) is 5.97. The van der Waals surface area contributed by atoms with Crippen LogP contribution in [-0.4, -0.2) is 51.6 Å². The molecule has 1 fully saturated rings. The summed E-state index contributed by atoms with van der Waals surface area (Å²) in [6.45, 7) is 4.75. The second-order valence-corrected chi connectivity index (χ2v) is 8.14. The molecule has 4 rings (SSSR count). The molecule has 31 heavy (non-hydrogen) atoms. The van der Waals surface area contributed by atoms with Crippen molar-refractivity contribution in [2.75, 3.05) is 25.5 Å². The van der Waals surface area contributed by atoms with E-state index in [1.165, 1.54) is 0 Å². The molecule has 1 aliphatic heterocycles. The highest BCUT2D eigenvalue weighted by atomic mass is 16.5. The fraction of sp³-hybridized carbons (Fsp3) is 0.435. The summed E-state index contributed by atoms with van der Waals surface area (Å²) < 4.78 is 5.35. The van der Waals surface area contributed by atoms with Crippen molar-refractivity contribution in [3.63, 3.8) is 0 Å². The summed E-state index contributed by atoms with van der Waals surface area (Å²) in [6, 6.07) is 3.59. The summed E-state index contributed by atoms with van der Waals surface area (Å²) in [5.41, 5.74) is 4.22. The van der Waals surface area contributed by atoms with Gasteiger partial charge in [0.15, 0.2) is 5.69 Å². The smallest absolute Gasteiger partial charge is 0.276 e. The predicted molar refractivity (Wildman–Crippen MR) is 118 cm³/mol. The Balaban J connectivity index is 1.75. The molecule has 0 aromatic carbocycles. The van der Waals surface area contributed by atoms with Crippen LogP contribution in [0.3, 0.4) is 0 Å². The number of pyridine rings is 1. The van der Waals surface area contributed by atoms with Crippen LogP contribution in [0.4, 0.5) is 5.95 Å². The summed E-state index contributed by atoms with van der Waals surface area (Å²) in [7, 11) is 3.83. The highest BCUT2D eigenvalue weighted by Gasteiger charge is 2.35. The van der Waals surface area contributed by atoms with E-state index in [-0.39, 0.29) is 11.9 Å². The molecule has 0 radical (unpaired) electrons. The molecule has 8 nitrogen and oxygen atoms in total. The average Bonchev–Trinajstić information content (AvgIpc) is 3.43. The lowest BCUT2D eigenvalue weighted by Crippen LogP contribution is -2.32. The van der Waals surface area contributed by atoms with E-state index in [1.807, 2.05) is 49.3 Å². The lowest BCUT2D eigenvalue weighted by Gasteiger charge is -2.26. The first-order valence-corrected chi connectivity index (χ1v) is 10.7. The lowest BCUT2D eigenvalue weighted by atomic mass is 9.97. The highest BCUT2D eigenvalue weighted by molar-refractivity contribution is 5.93. The summed E-state index contributed by atoms with van der Waals surface area (Å²) in [5.74, 6) is 1.25. The fourth-order valence-corrected chi connectivity index (χ4v) is 4.06. The van der Waals surface area contributed by atoms with Crippen molar-refractivity contribution in [1.29, 1.82) is 0 Å². The van der Waals surface area contributed by atoms with Crippen molar-refractivity contribution in [1.82, 2.24) is 25.0 Å². The first-order chi connectivity index (χ1) is 15.0. The molecule has 8 heteroatoms. The second-order valence-electron chi connectivity index (χ2n) is 8.14. The predicted octanol–water partition coefficient (Wildman–Crippen LogP) is 3.83. The van der Waals surface area contributed by atoms with Gasteiger partial charge in [0.25, 0.3) is 5.91 Å². The van der Waals surface area contributed by atoms with Crippen LogP contribution in [0.5, 0.6) is 0 Å². The van der Waals surface area contributed by atoms with Crippen LogP contribution in [0.15, 0.2) is 35.2 Å². The third-order valence-electron chi connectivity index (χ3n) is 5.62. The standard InChI is InChI=1S/C23H28N6O2/c1-5-7-16-12-19(27-31-16)22(30)29-11-6-8-20(29)21-18(14-25-23(26-21)28(3)4)17-9-10-24-13-15(17)2/h9-10,12-14,20H,5-8,11H2,1-4H3/t20-/m0/s1. The van der Waals surface area contributed by atoms with Gasteiger partial charge >= 0.3 is 0 Å². The minimum absolute atomic E-state index is 0.115. The maximum absolute atomic E-state index is 13.3. The number of rotatable bonds is 6. The monoisotopic (exact) mass is 420 g/mol. The molecule has 4 heterocycles. The van der Waals surface area contributed by atoms with Gasteiger partial charge in [0.1, 0.15) is 5.76 Å². The Hall–Kier alpha value is -3.29. The highest BCUT2D eigenvalue weighted by Crippen LogP contribution is 2.38. The number of carbonyl (C=O) groups excluding carboxylic acids is 1. The zero-order chi connectivity index (χ0) is 22.0. The van der Waals surface area contributed by atoms with Crippen LogP contribution in [0.25, 0.3) is 11.1 Å². The normalized spacial score (nSPS) is 16.0. The molecule has 0 aliphatic carbocycles. The number of hydrogen-bond donors (Lipinski definition) is 0. The van der Waals surface area contributed by atoms with Gasteiger partial charge < -0.3 is 14.3 Å². The Morgan fingerprint density at radius 1 is 1.29 bits per heavy atom. The number of aryl methyl sites for hydroxylation is 2. The average molecular weight is 421 g/mol. The summed E-state index contributed by atoms with van der Waals surface area (Å²) in [4.78, 5) is 30.7. The zero-order valence-corrected chi connectivity index (χ0v) is 18.5. The molecule has 0 bridgehead atoms. The molecule has 1 amide bonds. The molecule has 1 aliphatic rings. The summed E-state index contributed by atoms with van der Waals surface area (Å²) in [5, 5.41) is 4.03. The fourth-order valence-electron chi connectivity index (χ4n) is 4.06. The van der Waals surface area contributed by atoms with Crippen molar-refractivity contribution in [3.8, 4) is 11.1 Å². The molecule has 0 N–H and O–H groups in total. The number of aromatic nitrogens is 4. The molecule has 3 aromatic rings. The van der Waals surface area contributed by atoms with Crippen LogP contribution < -0.4 is 4.90 Å². The maximum atomic E-state index is 13.3. The molecule has 162 valence electrons. The van der Waals surface area contributed by atoms with Gasteiger partial charge in [-0.25, -0.2) is 9.97 Å². The van der Waals surface area contributed by atoms with Crippen LogP contribution in [0.1, 0.15) is 59.7 Å². The number of anilines is 1. The number of likely N-dealkylation sites (tertiary alicyclic amines) is 1. The largest absolute Gasteiger partial charge is 0.361 e. The second kappa shape index (κ2) is 8.83. The van der Waals surface area contributed by atoms with Crippen molar-refractivity contribution in [3.05, 3.63) is 53.4 Å². The van der Waals surface area contributed by atoms with Gasteiger partial charge in [-0.3, -0.25) is 9.78 Å². The van der Waals surface area contributed by atoms with E-state index in [2.05, 4.69) is 22.0 Å². The minimum Gasteiger partial charge on any atom is -0.361 e. The topological polar surface area (TPSA) is 88.3 Å². The van der Waals surface area contributed by atoms with Crippen molar-refractivity contribution >= 4 is 11.9 Å². The van der Waals surface area contributed by atoms with Crippen molar-refractivity contribution in [2.45, 2.75) is 45.6 Å². The Bertz CT molecular complexity index is 1080. The van der Waals surface area contributed by atoms with Crippen molar-refractivity contribution < 1.29 is 9.32 Å². The molecular formula is C23H28N6O2. The van der Waals surface area contributed by atoms with E-state index < -0.39 is 0 Å². The maximum Gasteiger partial charge on any atom is 0.276 e. The molecule has 0 spiro atoms. The van der Waals surface area contributed by atoms with E-state index in [9.17, 15) is 4.79 Å². The van der Waals surface area contributed by atoms with Gasteiger partial charge in [-0.2, -0.15) is 0 Å². The van der Waals surface area contributed by atoms with E-state index in [0.29, 0.717) is 18.2 Å². The zero-order valence-electron chi connectivity index (χ0n) is 18.5. The Morgan fingerprint density at radius 3 is 2.87 bits per heavy atom. The molecule has 1 atom stereocenters. The van der Waals surface area contributed by atoms with Gasteiger partial charge in [0, 0.05) is 57.3 Å². The van der Waals surface area contributed by atoms with Crippen LogP contribution in [-0.2, 0) is 6.42 Å². The summed E-state index contributed by atoms with van der Waals surface area (Å²) in [6.07, 6.45) is 8.93. The Morgan fingerprint density at radius 2 is 2.13 bits per heavy atom. The SMILES string of the molecule is CCCc1cc(C(=O)N2CCC[C@H]2c2nc(N(C)C)ncc2-c2ccncc2C)no1. The molecule has 0 unspecified atom stereocenters. The molecule has 1 saturated heterocycles. The van der Waals surface area contributed by atoms with E-state index in [0.717, 1.165) is 53.8 Å². The third kappa shape index (κ3) is 4.15. The number of hydrogen-bond acceptors (Lipinski definition) is 7. The van der Waals surface area contributed by atoms with Crippen LogP contribution in [0.2, 0.25) is 0 Å².